The number of carbonyl (C=O) groups excluding carboxylic acids is 2. The van der Waals surface area contributed by atoms with E-state index in [1.807, 2.05) is 36.4 Å². The number of nitrogens with zero attached hydrogens (tertiary/aromatic N) is 1. The quantitative estimate of drug-likeness (QED) is 0.586. The van der Waals surface area contributed by atoms with Crippen LogP contribution in [-0.2, 0) is 16.0 Å². The Hall–Kier alpha value is -3.61. The third kappa shape index (κ3) is 5.47. The number of benzene rings is 2. The van der Waals surface area contributed by atoms with E-state index >= 15 is 0 Å². The van der Waals surface area contributed by atoms with Gasteiger partial charge in [-0.25, -0.2) is 0 Å². The van der Waals surface area contributed by atoms with E-state index in [0.29, 0.717) is 11.4 Å². The lowest BCUT2D eigenvalue weighted by Crippen LogP contribution is -2.29. The Morgan fingerprint density at radius 3 is 2.40 bits per heavy atom. The van der Waals surface area contributed by atoms with E-state index in [2.05, 4.69) is 22.7 Å². The van der Waals surface area contributed by atoms with Crippen LogP contribution >= 0.6 is 0 Å². The van der Waals surface area contributed by atoms with Gasteiger partial charge >= 0.3 is 0 Å². The van der Waals surface area contributed by atoms with Gasteiger partial charge in [0.15, 0.2) is 0 Å². The standard InChI is InChI=1S/C23H25N3O4/c1-4-16-5-7-18(8-6-16)21-14-23(30-26-21)25-22(28)13-20(24-15(2)27)17-9-11-19(29-3)12-10-17/h5-12,14,20H,4,13H2,1-3H3,(H,24,27)(H,25,28). The Labute approximate surface area is 175 Å². The molecule has 1 heterocycles. The third-order valence-corrected chi connectivity index (χ3v) is 4.72. The van der Waals surface area contributed by atoms with Crippen LogP contribution in [0, 0.1) is 0 Å². The molecule has 0 fully saturated rings. The first-order valence-electron chi connectivity index (χ1n) is 9.75. The van der Waals surface area contributed by atoms with Crippen LogP contribution in [0.3, 0.4) is 0 Å². The van der Waals surface area contributed by atoms with Gasteiger partial charge in [-0.3, -0.25) is 14.9 Å². The monoisotopic (exact) mass is 407 g/mol. The minimum Gasteiger partial charge on any atom is -0.497 e. The lowest BCUT2D eigenvalue weighted by Gasteiger charge is -2.18. The van der Waals surface area contributed by atoms with Gasteiger partial charge < -0.3 is 14.6 Å². The summed E-state index contributed by atoms with van der Waals surface area (Å²) < 4.78 is 10.4. The molecular formula is C23H25N3O4. The zero-order chi connectivity index (χ0) is 21.5. The molecule has 0 aliphatic heterocycles. The number of rotatable bonds is 8. The Kier molecular flexibility index (Phi) is 6.85. The van der Waals surface area contributed by atoms with Gasteiger partial charge in [-0.2, -0.15) is 0 Å². The lowest BCUT2D eigenvalue weighted by atomic mass is 10.0. The number of carbonyl (C=O) groups is 2. The second kappa shape index (κ2) is 9.73. The molecule has 156 valence electrons. The van der Waals surface area contributed by atoms with E-state index in [1.165, 1.54) is 12.5 Å². The minimum atomic E-state index is -0.475. The number of hydrogen-bond acceptors (Lipinski definition) is 5. The maximum atomic E-state index is 12.6. The zero-order valence-corrected chi connectivity index (χ0v) is 17.3. The maximum absolute atomic E-state index is 12.6. The number of aromatic nitrogens is 1. The molecular weight excluding hydrogens is 382 g/mol. The second-order valence-electron chi connectivity index (χ2n) is 6.91. The van der Waals surface area contributed by atoms with Gasteiger partial charge in [0.05, 0.1) is 19.6 Å². The van der Waals surface area contributed by atoms with E-state index in [0.717, 1.165) is 17.5 Å². The Morgan fingerprint density at radius 1 is 1.10 bits per heavy atom. The molecule has 0 bridgehead atoms. The zero-order valence-electron chi connectivity index (χ0n) is 17.3. The fourth-order valence-corrected chi connectivity index (χ4v) is 3.09. The number of amides is 2. The summed E-state index contributed by atoms with van der Waals surface area (Å²) in [6, 6.07) is 16.4. The molecule has 7 nitrogen and oxygen atoms in total. The number of ether oxygens (including phenoxy) is 1. The molecule has 2 N–H and O–H groups in total. The average molecular weight is 407 g/mol. The van der Waals surface area contributed by atoms with Crippen LogP contribution in [0.4, 0.5) is 5.88 Å². The normalized spacial score (nSPS) is 11.6. The molecule has 0 radical (unpaired) electrons. The van der Waals surface area contributed by atoms with Crippen LogP contribution in [0.15, 0.2) is 59.1 Å². The van der Waals surface area contributed by atoms with E-state index < -0.39 is 6.04 Å². The molecule has 30 heavy (non-hydrogen) atoms. The van der Waals surface area contributed by atoms with Gasteiger partial charge in [0.2, 0.25) is 17.7 Å². The predicted molar refractivity (Wildman–Crippen MR) is 114 cm³/mol. The van der Waals surface area contributed by atoms with Gasteiger partial charge in [-0.1, -0.05) is 48.5 Å². The molecule has 0 saturated carbocycles. The molecule has 1 aromatic heterocycles. The first-order chi connectivity index (χ1) is 14.5. The van der Waals surface area contributed by atoms with Crippen molar-refractivity contribution in [3.8, 4) is 17.0 Å². The van der Waals surface area contributed by atoms with Crippen molar-refractivity contribution in [2.24, 2.45) is 0 Å². The molecule has 0 saturated heterocycles. The molecule has 3 aromatic rings. The number of methoxy groups -OCH3 is 1. The van der Waals surface area contributed by atoms with Crippen LogP contribution in [0.1, 0.15) is 37.4 Å². The largest absolute Gasteiger partial charge is 0.497 e. The van der Waals surface area contributed by atoms with Gasteiger partial charge in [0.25, 0.3) is 0 Å². The SMILES string of the molecule is CCc1ccc(-c2cc(NC(=O)CC(NC(C)=O)c3ccc(OC)cc3)on2)cc1. The van der Waals surface area contributed by atoms with Crippen LogP contribution in [0.2, 0.25) is 0 Å². The molecule has 0 aliphatic rings. The summed E-state index contributed by atoms with van der Waals surface area (Å²) in [6.07, 6.45) is 1.01. The van der Waals surface area contributed by atoms with Crippen LogP contribution in [0.25, 0.3) is 11.3 Å². The van der Waals surface area contributed by atoms with E-state index in [4.69, 9.17) is 9.26 Å². The van der Waals surface area contributed by atoms with Gasteiger partial charge in [-0.05, 0) is 29.7 Å². The summed E-state index contributed by atoms with van der Waals surface area (Å²) in [6.45, 7) is 3.51. The highest BCUT2D eigenvalue weighted by molar-refractivity contribution is 5.90. The summed E-state index contributed by atoms with van der Waals surface area (Å²) in [5.74, 6) is 0.437. The third-order valence-electron chi connectivity index (χ3n) is 4.72. The van der Waals surface area contributed by atoms with Crippen molar-refractivity contribution in [1.29, 1.82) is 0 Å². The Bertz CT molecular complexity index is 994. The highest BCUT2D eigenvalue weighted by Crippen LogP contribution is 2.24. The van der Waals surface area contributed by atoms with Crippen molar-refractivity contribution >= 4 is 17.7 Å². The van der Waals surface area contributed by atoms with Crippen LogP contribution < -0.4 is 15.4 Å². The predicted octanol–water partition coefficient (Wildman–Crippen LogP) is 4.12. The highest BCUT2D eigenvalue weighted by Gasteiger charge is 2.19. The van der Waals surface area contributed by atoms with Crippen LogP contribution in [-0.4, -0.2) is 24.1 Å². The summed E-state index contributed by atoms with van der Waals surface area (Å²) >= 11 is 0. The van der Waals surface area contributed by atoms with E-state index in [-0.39, 0.29) is 24.1 Å². The topological polar surface area (TPSA) is 93.5 Å². The van der Waals surface area contributed by atoms with Gasteiger partial charge in [0.1, 0.15) is 11.4 Å². The molecule has 3 rings (SSSR count). The van der Waals surface area contributed by atoms with Crippen molar-refractivity contribution in [3.63, 3.8) is 0 Å². The summed E-state index contributed by atoms with van der Waals surface area (Å²) in [4.78, 5) is 24.2. The number of anilines is 1. The smallest absolute Gasteiger partial charge is 0.231 e. The van der Waals surface area contributed by atoms with Gasteiger partial charge in [0, 0.05) is 18.6 Å². The second-order valence-corrected chi connectivity index (χ2v) is 6.91. The van der Waals surface area contributed by atoms with Gasteiger partial charge in [-0.15, -0.1) is 0 Å². The molecule has 0 aliphatic carbocycles. The first-order valence-corrected chi connectivity index (χ1v) is 9.75. The average Bonchev–Trinajstić information content (AvgIpc) is 3.21. The highest BCUT2D eigenvalue weighted by atomic mass is 16.5. The molecule has 1 unspecified atom stereocenters. The summed E-state index contributed by atoms with van der Waals surface area (Å²) in [7, 11) is 1.58. The molecule has 1 atom stereocenters. The summed E-state index contributed by atoms with van der Waals surface area (Å²) in [5.41, 5.74) is 3.58. The molecule has 2 amide bonds. The lowest BCUT2D eigenvalue weighted by molar-refractivity contribution is -0.120. The number of nitrogens with one attached hydrogen (secondary N) is 2. The van der Waals surface area contributed by atoms with E-state index in [1.54, 1.807) is 25.3 Å². The van der Waals surface area contributed by atoms with E-state index in [9.17, 15) is 9.59 Å². The molecule has 2 aromatic carbocycles. The summed E-state index contributed by atoms with van der Waals surface area (Å²) in [5, 5.41) is 9.54. The fraction of sp³-hybridized carbons (Fsp3) is 0.261. The van der Waals surface area contributed by atoms with Crippen molar-refractivity contribution in [2.45, 2.75) is 32.7 Å². The maximum Gasteiger partial charge on any atom is 0.231 e. The van der Waals surface area contributed by atoms with Crippen molar-refractivity contribution < 1.29 is 18.8 Å². The fourth-order valence-electron chi connectivity index (χ4n) is 3.09. The first kappa shape index (κ1) is 21.1. The van der Waals surface area contributed by atoms with Crippen LogP contribution in [0.5, 0.6) is 5.75 Å². The number of hydrogen-bond donors (Lipinski definition) is 2. The Morgan fingerprint density at radius 2 is 1.80 bits per heavy atom. The number of aryl methyl sites for hydroxylation is 1. The Balaban J connectivity index is 1.67. The molecule has 7 heteroatoms. The van der Waals surface area contributed by atoms with Crippen molar-refractivity contribution in [2.75, 3.05) is 12.4 Å². The van der Waals surface area contributed by atoms with Crippen molar-refractivity contribution in [3.05, 3.63) is 65.7 Å². The molecule has 0 spiro atoms. The van der Waals surface area contributed by atoms with Crippen molar-refractivity contribution in [1.82, 2.24) is 10.5 Å². The minimum absolute atomic E-state index is 0.0487.